The third-order valence-corrected chi connectivity index (χ3v) is 4.35. The molecule has 0 amide bonds. The Morgan fingerprint density at radius 2 is 2.08 bits per heavy atom. The molecule has 1 aromatic rings. The molecule has 3 rings (SSSR count). The molecule has 24 heavy (non-hydrogen) atoms. The topological polar surface area (TPSA) is 94.6 Å². The van der Waals surface area contributed by atoms with E-state index in [0.29, 0.717) is 41.2 Å². The molecule has 1 aromatic carbocycles. The third-order valence-electron chi connectivity index (χ3n) is 4.35. The van der Waals surface area contributed by atoms with E-state index >= 15 is 0 Å². The van der Waals surface area contributed by atoms with Gasteiger partial charge in [0.25, 0.3) is 0 Å². The number of hydrogen-bond acceptors (Lipinski definition) is 6. The molecule has 1 aliphatic carbocycles. The Balaban J connectivity index is 2.26. The van der Waals surface area contributed by atoms with Crippen molar-refractivity contribution in [1.82, 2.24) is 0 Å². The van der Waals surface area contributed by atoms with Gasteiger partial charge in [-0.3, -0.25) is 4.79 Å². The predicted octanol–water partition coefficient (Wildman–Crippen LogP) is 2.52. The molecular formula is C18H18N2O4. The summed E-state index contributed by atoms with van der Waals surface area (Å²) in [6.45, 7) is 0. The zero-order valence-corrected chi connectivity index (χ0v) is 13.6. The molecular weight excluding hydrogens is 308 g/mol. The van der Waals surface area contributed by atoms with E-state index in [9.17, 15) is 10.1 Å². The van der Waals surface area contributed by atoms with Gasteiger partial charge >= 0.3 is 0 Å². The Labute approximate surface area is 140 Å². The number of methoxy groups -OCH3 is 2. The van der Waals surface area contributed by atoms with E-state index in [1.54, 1.807) is 12.1 Å². The van der Waals surface area contributed by atoms with Crippen LogP contribution >= 0.6 is 0 Å². The minimum atomic E-state index is -0.600. The summed E-state index contributed by atoms with van der Waals surface area (Å²) in [7, 11) is 3.06. The zero-order valence-electron chi connectivity index (χ0n) is 13.6. The molecule has 6 heteroatoms. The number of benzene rings is 1. The van der Waals surface area contributed by atoms with Crippen LogP contribution in [-0.4, -0.2) is 20.0 Å². The summed E-state index contributed by atoms with van der Waals surface area (Å²) in [5.41, 5.74) is 7.33. The lowest BCUT2D eigenvalue weighted by Gasteiger charge is -2.31. The van der Waals surface area contributed by atoms with Crippen LogP contribution < -0.4 is 15.2 Å². The molecule has 1 atom stereocenters. The molecule has 1 heterocycles. The molecule has 2 N–H and O–H groups in total. The minimum absolute atomic E-state index is 0.0219. The van der Waals surface area contributed by atoms with E-state index in [1.165, 1.54) is 14.2 Å². The number of hydrogen-bond donors (Lipinski definition) is 1. The molecule has 1 aliphatic heterocycles. The highest BCUT2D eigenvalue weighted by Crippen LogP contribution is 2.47. The summed E-state index contributed by atoms with van der Waals surface area (Å²) < 4.78 is 16.4. The molecule has 124 valence electrons. The number of nitrogens with zero attached hydrogens (tertiary/aromatic N) is 1. The van der Waals surface area contributed by atoms with Gasteiger partial charge < -0.3 is 19.9 Å². The van der Waals surface area contributed by atoms with Gasteiger partial charge in [0, 0.05) is 24.0 Å². The molecule has 0 spiro atoms. The van der Waals surface area contributed by atoms with Crippen LogP contribution in [0.1, 0.15) is 30.7 Å². The second kappa shape index (κ2) is 6.28. The number of nitrogens with two attached hydrogens (primary N) is 1. The van der Waals surface area contributed by atoms with E-state index in [-0.39, 0.29) is 17.2 Å². The number of allylic oxidation sites excluding steroid dienone is 3. The van der Waals surface area contributed by atoms with Crippen molar-refractivity contribution in [3.63, 3.8) is 0 Å². The lowest BCUT2D eigenvalue weighted by molar-refractivity contribution is -0.116. The normalized spacial score (nSPS) is 20.2. The predicted molar refractivity (Wildman–Crippen MR) is 86.1 cm³/mol. The Morgan fingerprint density at radius 1 is 1.29 bits per heavy atom. The standard InChI is InChI=1S/C18H18N2O4/c1-22-14-8-3-5-10(17(14)23-2)15-11(9-19)18(20)24-13-7-4-6-12(21)16(13)15/h3,5,8,15H,4,6-7,20H2,1-2H3. The fourth-order valence-electron chi connectivity index (χ4n) is 3.31. The van der Waals surface area contributed by atoms with Crippen molar-refractivity contribution >= 4 is 5.78 Å². The number of carbonyl (C=O) groups is 1. The molecule has 0 saturated heterocycles. The van der Waals surface area contributed by atoms with Crippen LogP contribution in [0.3, 0.4) is 0 Å². The van der Waals surface area contributed by atoms with Crippen molar-refractivity contribution in [2.24, 2.45) is 5.73 Å². The molecule has 0 radical (unpaired) electrons. The molecule has 0 fully saturated rings. The Kier molecular flexibility index (Phi) is 4.17. The SMILES string of the molecule is COc1cccc(C2C(C#N)=C(N)OC3=C2C(=O)CCC3)c1OC. The monoisotopic (exact) mass is 326 g/mol. The van der Waals surface area contributed by atoms with Crippen molar-refractivity contribution in [3.8, 4) is 17.6 Å². The van der Waals surface area contributed by atoms with Crippen LogP contribution in [0.25, 0.3) is 0 Å². The summed E-state index contributed by atoms with van der Waals surface area (Å²) in [5, 5.41) is 9.59. The smallest absolute Gasteiger partial charge is 0.205 e. The average Bonchev–Trinajstić information content (AvgIpc) is 2.59. The fourth-order valence-corrected chi connectivity index (χ4v) is 3.31. The van der Waals surface area contributed by atoms with Gasteiger partial charge in [-0.15, -0.1) is 0 Å². The molecule has 0 saturated carbocycles. The van der Waals surface area contributed by atoms with Crippen molar-refractivity contribution in [2.45, 2.75) is 25.2 Å². The highest BCUT2D eigenvalue weighted by molar-refractivity contribution is 5.99. The van der Waals surface area contributed by atoms with Gasteiger partial charge in [-0.25, -0.2) is 0 Å². The van der Waals surface area contributed by atoms with Gasteiger partial charge in [-0.2, -0.15) is 5.26 Å². The average molecular weight is 326 g/mol. The maximum absolute atomic E-state index is 12.6. The van der Waals surface area contributed by atoms with Gasteiger partial charge in [0.1, 0.15) is 17.4 Å². The van der Waals surface area contributed by atoms with Crippen molar-refractivity contribution in [1.29, 1.82) is 5.26 Å². The van der Waals surface area contributed by atoms with Crippen LogP contribution in [0.2, 0.25) is 0 Å². The number of ether oxygens (including phenoxy) is 3. The van der Waals surface area contributed by atoms with Gasteiger partial charge in [-0.05, 0) is 12.5 Å². The van der Waals surface area contributed by atoms with Gasteiger partial charge in [0.15, 0.2) is 17.3 Å². The number of Topliss-reactive ketones (excluding diaryl/α,β-unsaturated/α-hetero) is 1. The molecule has 6 nitrogen and oxygen atoms in total. The summed E-state index contributed by atoms with van der Waals surface area (Å²) in [6.07, 6.45) is 1.78. The van der Waals surface area contributed by atoms with E-state index < -0.39 is 5.92 Å². The van der Waals surface area contributed by atoms with Crippen molar-refractivity contribution in [3.05, 3.63) is 46.6 Å². The maximum Gasteiger partial charge on any atom is 0.205 e. The Morgan fingerprint density at radius 3 is 2.75 bits per heavy atom. The van der Waals surface area contributed by atoms with Crippen LogP contribution in [0.4, 0.5) is 0 Å². The van der Waals surface area contributed by atoms with Crippen molar-refractivity contribution < 1.29 is 19.0 Å². The molecule has 2 aliphatic rings. The van der Waals surface area contributed by atoms with Gasteiger partial charge in [-0.1, -0.05) is 12.1 Å². The minimum Gasteiger partial charge on any atom is -0.493 e. The molecule has 0 bridgehead atoms. The molecule has 1 unspecified atom stereocenters. The van der Waals surface area contributed by atoms with Crippen LogP contribution in [0, 0.1) is 11.3 Å². The van der Waals surface area contributed by atoms with Gasteiger partial charge in [0.2, 0.25) is 5.88 Å². The van der Waals surface area contributed by atoms with Crippen molar-refractivity contribution in [2.75, 3.05) is 14.2 Å². The van der Waals surface area contributed by atoms with Crippen LogP contribution in [-0.2, 0) is 9.53 Å². The number of ketones is 1. The summed E-state index contributed by atoms with van der Waals surface area (Å²) in [6, 6.07) is 7.46. The summed E-state index contributed by atoms with van der Waals surface area (Å²) in [4.78, 5) is 12.6. The lowest BCUT2D eigenvalue weighted by atomic mass is 9.77. The van der Waals surface area contributed by atoms with Gasteiger partial charge in [0.05, 0.1) is 20.1 Å². The highest BCUT2D eigenvalue weighted by atomic mass is 16.5. The fraction of sp³-hybridized carbons (Fsp3) is 0.333. The number of carbonyl (C=O) groups excluding carboxylic acids is 1. The lowest BCUT2D eigenvalue weighted by Crippen LogP contribution is -2.27. The first-order chi connectivity index (χ1) is 11.6. The largest absolute Gasteiger partial charge is 0.493 e. The Hall–Kier alpha value is -2.94. The first-order valence-electron chi connectivity index (χ1n) is 7.67. The number of nitriles is 1. The third kappa shape index (κ3) is 2.38. The second-order valence-electron chi connectivity index (χ2n) is 5.62. The van der Waals surface area contributed by atoms with E-state index in [4.69, 9.17) is 19.9 Å². The quantitative estimate of drug-likeness (QED) is 0.917. The van der Waals surface area contributed by atoms with Crippen LogP contribution in [0.15, 0.2) is 41.0 Å². The van der Waals surface area contributed by atoms with E-state index in [2.05, 4.69) is 6.07 Å². The first kappa shape index (κ1) is 15.9. The first-order valence-corrected chi connectivity index (χ1v) is 7.67. The molecule has 0 aromatic heterocycles. The maximum atomic E-state index is 12.6. The number of para-hydroxylation sites is 1. The summed E-state index contributed by atoms with van der Waals surface area (Å²) in [5.74, 6) is 0.988. The summed E-state index contributed by atoms with van der Waals surface area (Å²) >= 11 is 0. The number of rotatable bonds is 3. The Bertz CT molecular complexity index is 802. The van der Waals surface area contributed by atoms with E-state index in [1.807, 2.05) is 6.07 Å². The highest BCUT2D eigenvalue weighted by Gasteiger charge is 2.39. The van der Waals surface area contributed by atoms with E-state index in [0.717, 1.165) is 6.42 Å². The second-order valence-corrected chi connectivity index (χ2v) is 5.62. The van der Waals surface area contributed by atoms with Crippen LogP contribution in [0.5, 0.6) is 11.5 Å². The zero-order chi connectivity index (χ0) is 17.3.